The number of carbonyl (C=O) groups is 1. The second-order valence-electron chi connectivity index (χ2n) is 6.56. The summed E-state index contributed by atoms with van der Waals surface area (Å²) in [5, 5.41) is 0. The molecule has 6 heteroatoms. The lowest BCUT2D eigenvalue weighted by molar-refractivity contribution is 0.0996. The molecule has 0 aliphatic carbocycles. The van der Waals surface area contributed by atoms with Crippen LogP contribution in [-0.4, -0.2) is 37.8 Å². The van der Waals surface area contributed by atoms with E-state index in [-0.39, 0.29) is 5.91 Å². The number of benzene rings is 2. The zero-order valence-electron chi connectivity index (χ0n) is 16.2. The van der Waals surface area contributed by atoms with Crippen LogP contribution in [0.4, 0.5) is 5.69 Å². The first kappa shape index (κ1) is 19.3. The first-order chi connectivity index (χ1) is 13.0. The summed E-state index contributed by atoms with van der Waals surface area (Å²) in [6.45, 7) is 5.98. The second kappa shape index (κ2) is 8.50. The van der Waals surface area contributed by atoms with Gasteiger partial charge < -0.3 is 14.2 Å². The Morgan fingerprint density at radius 3 is 2.59 bits per heavy atom. The molecule has 3 rings (SSSR count). The molecule has 1 aromatic heterocycles. The minimum absolute atomic E-state index is 0.228. The molecular formula is C21H25N3O2S. The fraction of sp³-hybridized carbons (Fsp3) is 0.333. The van der Waals surface area contributed by atoms with Crippen molar-refractivity contribution < 1.29 is 9.53 Å². The molecule has 0 atom stereocenters. The van der Waals surface area contributed by atoms with Crippen molar-refractivity contribution in [2.75, 3.05) is 32.2 Å². The van der Waals surface area contributed by atoms with E-state index < -0.39 is 0 Å². The van der Waals surface area contributed by atoms with E-state index in [0.29, 0.717) is 30.1 Å². The Balaban J connectivity index is 2.00. The van der Waals surface area contributed by atoms with Gasteiger partial charge in [0.2, 0.25) is 0 Å². The monoisotopic (exact) mass is 383 g/mol. The second-order valence-corrected chi connectivity index (χ2v) is 7.57. The average molecular weight is 384 g/mol. The molecule has 0 aliphatic rings. The number of aromatic nitrogens is 1. The van der Waals surface area contributed by atoms with E-state index in [1.807, 2.05) is 50.2 Å². The summed E-state index contributed by atoms with van der Waals surface area (Å²) in [6, 6.07) is 13.8. The first-order valence-corrected chi connectivity index (χ1v) is 9.85. The maximum atomic E-state index is 12.7. The molecular weight excluding hydrogens is 358 g/mol. The van der Waals surface area contributed by atoms with E-state index >= 15 is 0 Å². The van der Waals surface area contributed by atoms with Gasteiger partial charge in [0, 0.05) is 38.5 Å². The number of hydrogen-bond acceptors (Lipinski definition) is 4. The van der Waals surface area contributed by atoms with Crippen molar-refractivity contribution in [2.24, 2.45) is 4.99 Å². The number of hydrogen-bond donors (Lipinski definition) is 0. The normalized spacial score (nSPS) is 11.9. The van der Waals surface area contributed by atoms with E-state index in [0.717, 1.165) is 15.9 Å². The molecule has 0 bridgehead atoms. The third-order valence-electron chi connectivity index (χ3n) is 4.33. The summed E-state index contributed by atoms with van der Waals surface area (Å²) in [7, 11) is 3.95. The molecule has 0 N–H and O–H groups in total. The Morgan fingerprint density at radius 1 is 1.19 bits per heavy atom. The first-order valence-electron chi connectivity index (χ1n) is 9.03. The highest BCUT2D eigenvalue weighted by Crippen LogP contribution is 2.19. The molecule has 0 unspecified atom stereocenters. The molecule has 142 valence electrons. The van der Waals surface area contributed by atoms with Crippen molar-refractivity contribution in [1.82, 2.24) is 4.57 Å². The van der Waals surface area contributed by atoms with Gasteiger partial charge in [0.25, 0.3) is 5.91 Å². The fourth-order valence-electron chi connectivity index (χ4n) is 2.84. The molecule has 3 aromatic rings. The Morgan fingerprint density at radius 2 is 1.93 bits per heavy atom. The van der Waals surface area contributed by atoms with Gasteiger partial charge >= 0.3 is 0 Å². The van der Waals surface area contributed by atoms with Gasteiger partial charge in [-0.3, -0.25) is 4.79 Å². The molecule has 0 fully saturated rings. The van der Waals surface area contributed by atoms with E-state index in [4.69, 9.17) is 4.74 Å². The Hall–Kier alpha value is -2.44. The van der Waals surface area contributed by atoms with Gasteiger partial charge in [-0.05, 0) is 55.8 Å². The number of nitrogens with zero attached hydrogens (tertiary/aromatic N) is 3. The van der Waals surface area contributed by atoms with E-state index in [1.54, 1.807) is 0 Å². The van der Waals surface area contributed by atoms with Crippen molar-refractivity contribution in [3.63, 3.8) is 0 Å². The zero-order chi connectivity index (χ0) is 19.4. The average Bonchev–Trinajstić information content (AvgIpc) is 2.98. The minimum atomic E-state index is -0.228. The van der Waals surface area contributed by atoms with Crippen LogP contribution < -0.4 is 9.70 Å². The summed E-state index contributed by atoms with van der Waals surface area (Å²) in [6.07, 6.45) is 0. The predicted octanol–water partition coefficient (Wildman–Crippen LogP) is 3.85. The van der Waals surface area contributed by atoms with Crippen LogP contribution >= 0.6 is 11.3 Å². The molecule has 0 aliphatic heterocycles. The maximum Gasteiger partial charge on any atom is 0.279 e. The number of thiazole rings is 1. The van der Waals surface area contributed by atoms with Crippen LogP contribution in [0.3, 0.4) is 0 Å². The predicted molar refractivity (Wildman–Crippen MR) is 112 cm³/mol. The van der Waals surface area contributed by atoms with Crippen LogP contribution in [-0.2, 0) is 11.3 Å². The van der Waals surface area contributed by atoms with Crippen LogP contribution in [0.1, 0.15) is 22.8 Å². The lowest BCUT2D eigenvalue weighted by Gasteiger charge is -2.11. The number of amides is 1. The molecule has 1 amide bonds. The molecule has 5 nitrogen and oxygen atoms in total. The number of rotatable bonds is 6. The lowest BCUT2D eigenvalue weighted by atomic mass is 10.2. The van der Waals surface area contributed by atoms with Crippen LogP contribution in [0.5, 0.6) is 0 Å². The molecule has 0 saturated heterocycles. The molecule has 27 heavy (non-hydrogen) atoms. The molecule has 0 saturated carbocycles. The van der Waals surface area contributed by atoms with Crippen molar-refractivity contribution in [3.05, 3.63) is 58.4 Å². The highest BCUT2D eigenvalue weighted by molar-refractivity contribution is 7.16. The smallest absolute Gasteiger partial charge is 0.279 e. The fourth-order valence-corrected chi connectivity index (χ4v) is 3.99. The van der Waals surface area contributed by atoms with Crippen molar-refractivity contribution >= 4 is 33.1 Å². The molecule has 1 heterocycles. The van der Waals surface area contributed by atoms with Gasteiger partial charge in [0.1, 0.15) is 0 Å². The van der Waals surface area contributed by atoms with Crippen LogP contribution in [0.25, 0.3) is 10.2 Å². The van der Waals surface area contributed by atoms with Gasteiger partial charge in [0.05, 0.1) is 16.8 Å². The van der Waals surface area contributed by atoms with Gasteiger partial charge in [-0.25, -0.2) is 0 Å². The van der Waals surface area contributed by atoms with Gasteiger partial charge in [0.15, 0.2) is 4.80 Å². The van der Waals surface area contributed by atoms with Gasteiger partial charge in [-0.1, -0.05) is 17.4 Å². The topological polar surface area (TPSA) is 46.8 Å². The summed E-state index contributed by atoms with van der Waals surface area (Å²) in [5.41, 5.74) is 3.92. The van der Waals surface area contributed by atoms with Crippen LogP contribution in [0.15, 0.2) is 47.5 Å². The van der Waals surface area contributed by atoms with Crippen LogP contribution in [0, 0.1) is 6.92 Å². The number of anilines is 1. The standard InChI is InChI=1S/C21H25N3O2S/c1-5-26-13-12-24-18-11-6-15(2)14-19(18)27-21(24)22-20(25)16-7-9-17(10-8-16)23(3)4/h6-11,14H,5,12-13H2,1-4H3. The largest absolute Gasteiger partial charge is 0.380 e. The third-order valence-corrected chi connectivity index (χ3v) is 5.37. The highest BCUT2D eigenvalue weighted by atomic mass is 32.1. The summed E-state index contributed by atoms with van der Waals surface area (Å²) >= 11 is 1.54. The van der Waals surface area contributed by atoms with Crippen molar-refractivity contribution in [3.8, 4) is 0 Å². The van der Waals surface area contributed by atoms with E-state index in [2.05, 4.69) is 34.7 Å². The highest BCUT2D eigenvalue weighted by Gasteiger charge is 2.10. The van der Waals surface area contributed by atoms with Crippen molar-refractivity contribution in [2.45, 2.75) is 20.4 Å². The Kier molecular flexibility index (Phi) is 6.08. The summed E-state index contributed by atoms with van der Waals surface area (Å²) in [5.74, 6) is -0.228. The van der Waals surface area contributed by atoms with Crippen LogP contribution in [0.2, 0.25) is 0 Å². The lowest BCUT2D eigenvalue weighted by Crippen LogP contribution is -2.19. The zero-order valence-corrected chi connectivity index (χ0v) is 17.0. The molecule has 0 radical (unpaired) electrons. The summed E-state index contributed by atoms with van der Waals surface area (Å²) in [4.78, 5) is 19.8. The number of carbonyl (C=O) groups excluding carboxylic acids is 1. The van der Waals surface area contributed by atoms with E-state index in [9.17, 15) is 4.79 Å². The number of fused-ring (bicyclic) bond motifs is 1. The SMILES string of the molecule is CCOCCn1c(=NC(=O)c2ccc(N(C)C)cc2)sc2cc(C)ccc21. The maximum absolute atomic E-state index is 12.7. The van der Waals surface area contributed by atoms with Gasteiger partial charge in [-0.2, -0.15) is 4.99 Å². The molecule has 0 spiro atoms. The third kappa shape index (κ3) is 4.46. The van der Waals surface area contributed by atoms with Crippen molar-refractivity contribution in [1.29, 1.82) is 0 Å². The quantitative estimate of drug-likeness (QED) is 0.608. The number of ether oxygens (including phenoxy) is 1. The Labute approximate surface area is 163 Å². The van der Waals surface area contributed by atoms with Gasteiger partial charge in [-0.15, -0.1) is 0 Å². The minimum Gasteiger partial charge on any atom is -0.380 e. The Bertz CT molecular complexity index is 1000. The summed E-state index contributed by atoms with van der Waals surface area (Å²) < 4.78 is 8.71. The van der Waals surface area contributed by atoms with E-state index in [1.165, 1.54) is 16.9 Å². The number of aryl methyl sites for hydroxylation is 1. The molecule has 2 aromatic carbocycles.